The van der Waals surface area contributed by atoms with Crippen LogP contribution in [0.2, 0.25) is 0 Å². The van der Waals surface area contributed by atoms with Crippen molar-refractivity contribution in [2.75, 3.05) is 12.3 Å². The summed E-state index contributed by atoms with van der Waals surface area (Å²) in [5.41, 5.74) is 0.942. The highest BCUT2D eigenvalue weighted by atomic mass is 32.2. The molecule has 0 fully saturated rings. The lowest BCUT2D eigenvalue weighted by Crippen LogP contribution is -2.24. The zero-order valence-corrected chi connectivity index (χ0v) is 12.3. The number of aromatic nitrogens is 2. The SMILES string of the molecule is O=C(NCCSc1cccc2nccn12)c1cccs1. The van der Waals surface area contributed by atoms with Gasteiger partial charge < -0.3 is 5.32 Å². The Kier molecular flexibility index (Phi) is 4.03. The molecule has 0 aliphatic rings. The number of rotatable bonds is 5. The van der Waals surface area contributed by atoms with Gasteiger partial charge in [-0.25, -0.2) is 4.98 Å². The summed E-state index contributed by atoms with van der Waals surface area (Å²) in [6.07, 6.45) is 3.74. The third-order valence-electron chi connectivity index (χ3n) is 2.77. The van der Waals surface area contributed by atoms with Gasteiger partial charge in [-0.2, -0.15) is 0 Å². The van der Waals surface area contributed by atoms with Crippen LogP contribution in [0.5, 0.6) is 0 Å². The van der Waals surface area contributed by atoms with Crippen LogP contribution in [-0.4, -0.2) is 27.6 Å². The van der Waals surface area contributed by atoms with Crippen molar-refractivity contribution in [3.63, 3.8) is 0 Å². The molecule has 102 valence electrons. The van der Waals surface area contributed by atoms with E-state index < -0.39 is 0 Å². The second-order valence-electron chi connectivity index (χ2n) is 4.10. The number of hydrogen-bond donors (Lipinski definition) is 1. The average Bonchev–Trinajstić information content (AvgIpc) is 3.13. The molecule has 3 aromatic rings. The molecule has 4 nitrogen and oxygen atoms in total. The number of carbonyl (C=O) groups is 1. The lowest BCUT2D eigenvalue weighted by molar-refractivity contribution is 0.0960. The van der Waals surface area contributed by atoms with E-state index in [1.165, 1.54) is 11.3 Å². The number of nitrogens with zero attached hydrogens (tertiary/aromatic N) is 2. The first-order valence-electron chi connectivity index (χ1n) is 6.21. The minimum absolute atomic E-state index is 0.00133. The maximum atomic E-state index is 11.8. The number of carbonyl (C=O) groups excluding carboxylic acids is 1. The van der Waals surface area contributed by atoms with E-state index in [0.29, 0.717) is 6.54 Å². The molecule has 6 heteroatoms. The first-order valence-corrected chi connectivity index (χ1v) is 8.08. The summed E-state index contributed by atoms with van der Waals surface area (Å²) in [5, 5.41) is 5.96. The van der Waals surface area contributed by atoms with Gasteiger partial charge in [-0.15, -0.1) is 23.1 Å². The fourth-order valence-electron chi connectivity index (χ4n) is 1.85. The molecule has 0 atom stereocenters. The molecule has 0 radical (unpaired) electrons. The molecule has 3 aromatic heterocycles. The minimum atomic E-state index is 0.00133. The number of hydrogen-bond acceptors (Lipinski definition) is 4. The topological polar surface area (TPSA) is 46.4 Å². The fourth-order valence-corrected chi connectivity index (χ4v) is 3.38. The van der Waals surface area contributed by atoms with E-state index in [9.17, 15) is 4.79 Å². The number of nitrogens with one attached hydrogen (secondary N) is 1. The van der Waals surface area contributed by atoms with Gasteiger partial charge in [0.15, 0.2) is 0 Å². The van der Waals surface area contributed by atoms with Gasteiger partial charge in [0.05, 0.1) is 9.90 Å². The third kappa shape index (κ3) is 2.86. The number of thiophene rings is 1. The molecule has 1 amide bonds. The maximum Gasteiger partial charge on any atom is 0.261 e. The van der Waals surface area contributed by atoms with Crippen molar-refractivity contribution in [3.8, 4) is 0 Å². The van der Waals surface area contributed by atoms with E-state index in [0.717, 1.165) is 21.3 Å². The van der Waals surface area contributed by atoms with E-state index in [1.54, 1.807) is 18.0 Å². The van der Waals surface area contributed by atoms with Crippen LogP contribution in [0.1, 0.15) is 9.67 Å². The number of imidazole rings is 1. The summed E-state index contributed by atoms with van der Waals surface area (Å²) in [6.45, 7) is 0.645. The maximum absolute atomic E-state index is 11.8. The largest absolute Gasteiger partial charge is 0.350 e. The molecule has 0 unspecified atom stereocenters. The second kappa shape index (κ2) is 6.11. The lowest BCUT2D eigenvalue weighted by atomic mass is 10.4. The van der Waals surface area contributed by atoms with Crippen molar-refractivity contribution >= 4 is 34.7 Å². The second-order valence-corrected chi connectivity index (χ2v) is 6.16. The molecule has 0 saturated carbocycles. The van der Waals surface area contributed by atoms with Crippen LogP contribution in [0.3, 0.4) is 0 Å². The van der Waals surface area contributed by atoms with Gasteiger partial charge in [0.1, 0.15) is 5.65 Å². The molecule has 0 bridgehead atoms. The van der Waals surface area contributed by atoms with Gasteiger partial charge >= 0.3 is 0 Å². The zero-order valence-electron chi connectivity index (χ0n) is 10.7. The number of fused-ring (bicyclic) bond motifs is 1. The molecule has 1 N–H and O–H groups in total. The number of amides is 1. The summed E-state index contributed by atoms with van der Waals surface area (Å²) in [6, 6.07) is 9.74. The summed E-state index contributed by atoms with van der Waals surface area (Å²) >= 11 is 3.16. The standard InChI is InChI=1S/C14H13N3OS2/c18-14(11-3-2-9-19-11)16-7-10-20-13-5-1-4-12-15-6-8-17(12)13/h1-6,8-9H,7,10H2,(H,16,18). The van der Waals surface area contributed by atoms with Crippen LogP contribution >= 0.6 is 23.1 Å². The van der Waals surface area contributed by atoms with E-state index in [4.69, 9.17) is 0 Å². The predicted molar refractivity (Wildman–Crippen MR) is 82.6 cm³/mol. The molecule has 0 aliphatic carbocycles. The van der Waals surface area contributed by atoms with Crippen LogP contribution in [0.4, 0.5) is 0 Å². The minimum Gasteiger partial charge on any atom is -0.350 e. The summed E-state index contributed by atoms with van der Waals surface area (Å²) in [7, 11) is 0. The Morgan fingerprint density at radius 2 is 2.30 bits per heavy atom. The quantitative estimate of drug-likeness (QED) is 0.582. The lowest BCUT2D eigenvalue weighted by Gasteiger charge is -2.06. The third-order valence-corrected chi connectivity index (χ3v) is 4.68. The molecule has 0 spiro atoms. The van der Waals surface area contributed by atoms with Crippen molar-refractivity contribution in [2.45, 2.75) is 5.03 Å². The molecule has 3 heterocycles. The monoisotopic (exact) mass is 303 g/mol. The van der Waals surface area contributed by atoms with Crippen molar-refractivity contribution in [3.05, 3.63) is 53.0 Å². The highest BCUT2D eigenvalue weighted by molar-refractivity contribution is 7.99. The van der Waals surface area contributed by atoms with Crippen LogP contribution in [-0.2, 0) is 0 Å². The van der Waals surface area contributed by atoms with Gasteiger partial charge in [0.25, 0.3) is 5.91 Å². The van der Waals surface area contributed by atoms with Gasteiger partial charge in [-0.3, -0.25) is 9.20 Å². The summed E-state index contributed by atoms with van der Waals surface area (Å²) in [5.74, 6) is 0.829. The number of thioether (sulfide) groups is 1. The zero-order chi connectivity index (χ0) is 13.8. The molecule has 20 heavy (non-hydrogen) atoms. The van der Waals surface area contributed by atoms with Crippen LogP contribution in [0.25, 0.3) is 5.65 Å². The predicted octanol–water partition coefficient (Wildman–Crippen LogP) is 2.92. The Balaban J connectivity index is 1.53. The summed E-state index contributed by atoms with van der Waals surface area (Å²) in [4.78, 5) is 16.8. The summed E-state index contributed by atoms with van der Waals surface area (Å²) < 4.78 is 2.05. The first-order chi connectivity index (χ1) is 9.84. The van der Waals surface area contributed by atoms with Crippen molar-refractivity contribution in [2.24, 2.45) is 0 Å². The Morgan fingerprint density at radius 3 is 3.15 bits per heavy atom. The van der Waals surface area contributed by atoms with Gasteiger partial charge in [-0.1, -0.05) is 12.1 Å². The average molecular weight is 303 g/mol. The molecule has 0 saturated heterocycles. The first kappa shape index (κ1) is 13.2. The van der Waals surface area contributed by atoms with Gasteiger partial charge in [-0.05, 0) is 23.6 Å². The number of pyridine rings is 1. The van der Waals surface area contributed by atoms with E-state index in [-0.39, 0.29) is 5.91 Å². The molecule has 3 rings (SSSR count). The van der Waals surface area contributed by atoms with E-state index >= 15 is 0 Å². The molecule has 0 aromatic carbocycles. The Labute approximate surface area is 124 Å². The Bertz CT molecular complexity index is 706. The highest BCUT2D eigenvalue weighted by Gasteiger charge is 2.05. The van der Waals surface area contributed by atoms with Crippen LogP contribution < -0.4 is 5.32 Å². The Hall–Kier alpha value is -1.79. The van der Waals surface area contributed by atoms with Crippen molar-refractivity contribution < 1.29 is 4.79 Å². The van der Waals surface area contributed by atoms with E-state index in [1.807, 2.05) is 40.2 Å². The normalized spacial score (nSPS) is 10.8. The van der Waals surface area contributed by atoms with E-state index in [2.05, 4.69) is 16.4 Å². The smallest absolute Gasteiger partial charge is 0.261 e. The molecular weight excluding hydrogens is 290 g/mol. The fraction of sp³-hybridized carbons (Fsp3) is 0.143. The Morgan fingerprint density at radius 1 is 1.35 bits per heavy atom. The van der Waals surface area contributed by atoms with Gasteiger partial charge in [0.2, 0.25) is 0 Å². The highest BCUT2D eigenvalue weighted by Crippen LogP contribution is 2.18. The molecule has 0 aliphatic heterocycles. The van der Waals surface area contributed by atoms with Crippen LogP contribution in [0, 0.1) is 0 Å². The van der Waals surface area contributed by atoms with Crippen molar-refractivity contribution in [1.82, 2.24) is 14.7 Å². The van der Waals surface area contributed by atoms with Crippen LogP contribution in [0.15, 0.2) is 53.1 Å². The van der Waals surface area contributed by atoms with Crippen molar-refractivity contribution in [1.29, 1.82) is 0 Å². The van der Waals surface area contributed by atoms with Gasteiger partial charge in [0, 0.05) is 24.7 Å². The molecular formula is C14H13N3OS2.